The second-order valence-corrected chi connectivity index (χ2v) is 6.10. The highest BCUT2D eigenvalue weighted by Gasteiger charge is 2.26. The second-order valence-electron chi connectivity index (χ2n) is 6.10. The minimum atomic E-state index is -0.0192. The van der Waals surface area contributed by atoms with E-state index in [-0.39, 0.29) is 11.8 Å². The van der Waals surface area contributed by atoms with E-state index in [1.807, 2.05) is 6.07 Å². The highest BCUT2D eigenvalue weighted by atomic mass is 16.1. The molecule has 0 spiro atoms. The first-order valence-corrected chi connectivity index (χ1v) is 8.18. The Labute approximate surface area is 132 Å². The first kappa shape index (κ1) is 14.8. The molecular weight excluding hydrogens is 270 g/mol. The van der Waals surface area contributed by atoms with Crippen LogP contribution < -0.4 is 5.32 Å². The standard InChI is InChI=1S/C20H23NO/c1-3-15-10-6-8-14(2)19(15)21-20(22)18-13-7-11-16-9-4-5-12-17(16)18/h4-6,8-10,12,18H,3,7,11,13H2,1-2H3,(H,21,22)/t18-/m1/s1. The van der Waals surface area contributed by atoms with Gasteiger partial charge in [-0.05, 0) is 54.9 Å². The average molecular weight is 293 g/mol. The second kappa shape index (κ2) is 6.35. The van der Waals surface area contributed by atoms with Crippen molar-refractivity contribution < 1.29 is 4.79 Å². The Kier molecular flexibility index (Phi) is 4.28. The van der Waals surface area contributed by atoms with E-state index in [2.05, 4.69) is 55.6 Å². The minimum absolute atomic E-state index is 0.0192. The molecule has 22 heavy (non-hydrogen) atoms. The van der Waals surface area contributed by atoms with E-state index in [1.54, 1.807) is 0 Å². The van der Waals surface area contributed by atoms with E-state index in [0.717, 1.165) is 36.9 Å². The minimum Gasteiger partial charge on any atom is -0.325 e. The summed E-state index contributed by atoms with van der Waals surface area (Å²) in [7, 11) is 0. The number of carbonyl (C=O) groups excluding carboxylic acids is 1. The molecule has 0 unspecified atom stereocenters. The Hall–Kier alpha value is -2.09. The van der Waals surface area contributed by atoms with Gasteiger partial charge in [-0.2, -0.15) is 0 Å². The number of fused-ring (bicyclic) bond motifs is 1. The fourth-order valence-corrected chi connectivity index (χ4v) is 3.44. The SMILES string of the molecule is CCc1cccc(C)c1NC(=O)[C@@H]1CCCc2ccccc21. The topological polar surface area (TPSA) is 29.1 Å². The van der Waals surface area contributed by atoms with E-state index in [1.165, 1.54) is 16.7 Å². The molecule has 2 aromatic rings. The van der Waals surface area contributed by atoms with E-state index in [9.17, 15) is 4.79 Å². The third-order valence-corrected chi connectivity index (χ3v) is 4.67. The Morgan fingerprint density at radius 1 is 1.18 bits per heavy atom. The van der Waals surface area contributed by atoms with Gasteiger partial charge >= 0.3 is 0 Å². The molecular formula is C20H23NO. The molecule has 3 rings (SSSR count). The van der Waals surface area contributed by atoms with Crippen molar-refractivity contribution in [3.8, 4) is 0 Å². The maximum atomic E-state index is 12.8. The molecule has 0 aliphatic heterocycles. The van der Waals surface area contributed by atoms with Crippen molar-refractivity contribution in [2.24, 2.45) is 0 Å². The van der Waals surface area contributed by atoms with Crippen LogP contribution in [0.5, 0.6) is 0 Å². The summed E-state index contributed by atoms with van der Waals surface area (Å²) in [5, 5.41) is 3.20. The van der Waals surface area contributed by atoms with Gasteiger partial charge in [-0.3, -0.25) is 4.79 Å². The van der Waals surface area contributed by atoms with Crippen LogP contribution in [0.25, 0.3) is 0 Å². The molecule has 2 heteroatoms. The van der Waals surface area contributed by atoms with Gasteiger partial charge in [0.05, 0.1) is 5.92 Å². The monoisotopic (exact) mass is 293 g/mol. The number of anilines is 1. The highest BCUT2D eigenvalue weighted by Crippen LogP contribution is 2.33. The molecule has 0 bridgehead atoms. The smallest absolute Gasteiger partial charge is 0.231 e. The number of hydrogen-bond donors (Lipinski definition) is 1. The molecule has 1 aliphatic rings. The summed E-state index contributed by atoms with van der Waals surface area (Å²) in [5.41, 5.74) is 5.87. The van der Waals surface area contributed by atoms with E-state index in [4.69, 9.17) is 0 Å². The number of carbonyl (C=O) groups is 1. The summed E-state index contributed by atoms with van der Waals surface area (Å²) in [6, 6.07) is 14.6. The summed E-state index contributed by atoms with van der Waals surface area (Å²) in [6.45, 7) is 4.18. The molecule has 114 valence electrons. The number of para-hydroxylation sites is 1. The van der Waals surface area contributed by atoms with Crippen molar-refractivity contribution in [1.82, 2.24) is 0 Å². The van der Waals surface area contributed by atoms with Crippen LogP contribution in [0.3, 0.4) is 0 Å². The van der Waals surface area contributed by atoms with E-state index < -0.39 is 0 Å². The molecule has 0 aromatic heterocycles. The lowest BCUT2D eigenvalue weighted by atomic mass is 9.82. The summed E-state index contributed by atoms with van der Waals surface area (Å²) >= 11 is 0. The van der Waals surface area contributed by atoms with Gasteiger partial charge in [-0.1, -0.05) is 49.4 Å². The average Bonchev–Trinajstić information content (AvgIpc) is 2.56. The van der Waals surface area contributed by atoms with Crippen molar-refractivity contribution in [1.29, 1.82) is 0 Å². The van der Waals surface area contributed by atoms with Gasteiger partial charge in [0.15, 0.2) is 0 Å². The molecule has 0 saturated carbocycles. The maximum absolute atomic E-state index is 12.8. The van der Waals surface area contributed by atoms with E-state index in [0.29, 0.717) is 0 Å². The fraction of sp³-hybridized carbons (Fsp3) is 0.350. The van der Waals surface area contributed by atoms with Gasteiger partial charge in [-0.15, -0.1) is 0 Å². The van der Waals surface area contributed by atoms with Crippen molar-refractivity contribution in [2.45, 2.75) is 45.4 Å². The van der Waals surface area contributed by atoms with Gasteiger partial charge < -0.3 is 5.32 Å². The summed E-state index contributed by atoms with van der Waals surface area (Å²) < 4.78 is 0. The highest BCUT2D eigenvalue weighted by molar-refractivity contribution is 5.97. The van der Waals surface area contributed by atoms with Crippen LogP contribution in [-0.4, -0.2) is 5.91 Å². The molecule has 2 aromatic carbocycles. The molecule has 0 fully saturated rings. The Morgan fingerprint density at radius 3 is 2.82 bits per heavy atom. The number of hydrogen-bond acceptors (Lipinski definition) is 1. The van der Waals surface area contributed by atoms with Crippen LogP contribution in [-0.2, 0) is 17.6 Å². The predicted octanol–water partition coefficient (Wildman–Crippen LogP) is 4.62. The Balaban J connectivity index is 1.88. The fourth-order valence-electron chi connectivity index (χ4n) is 3.44. The molecule has 0 radical (unpaired) electrons. The summed E-state index contributed by atoms with van der Waals surface area (Å²) in [5.74, 6) is 0.116. The lowest BCUT2D eigenvalue weighted by Gasteiger charge is -2.25. The summed E-state index contributed by atoms with van der Waals surface area (Å²) in [6.07, 6.45) is 4.04. The Bertz CT molecular complexity index is 690. The zero-order valence-corrected chi connectivity index (χ0v) is 13.4. The largest absolute Gasteiger partial charge is 0.325 e. The molecule has 0 heterocycles. The zero-order valence-electron chi connectivity index (χ0n) is 13.4. The molecule has 1 aliphatic carbocycles. The van der Waals surface area contributed by atoms with Crippen molar-refractivity contribution in [3.05, 3.63) is 64.7 Å². The van der Waals surface area contributed by atoms with Gasteiger partial charge in [0.1, 0.15) is 0 Å². The number of amides is 1. The van der Waals surface area contributed by atoms with Crippen LogP contribution in [0.2, 0.25) is 0 Å². The van der Waals surface area contributed by atoms with Crippen molar-refractivity contribution >= 4 is 11.6 Å². The lowest BCUT2D eigenvalue weighted by Crippen LogP contribution is -2.25. The zero-order chi connectivity index (χ0) is 15.5. The van der Waals surface area contributed by atoms with Gasteiger partial charge in [0, 0.05) is 5.69 Å². The first-order chi connectivity index (χ1) is 10.7. The molecule has 1 N–H and O–H groups in total. The van der Waals surface area contributed by atoms with Gasteiger partial charge in [0.2, 0.25) is 5.91 Å². The Morgan fingerprint density at radius 2 is 2.00 bits per heavy atom. The maximum Gasteiger partial charge on any atom is 0.231 e. The van der Waals surface area contributed by atoms with Gasteiger partial charge in [0.25, 0.3) is 0 Å². The summed E-state index contributed by atoms with van der Waals surface area (Å²) in [4.78, 5) is 12.8. The number of aryl methyl sites for hydroxylation is 3. The predicted molar refractivity (Wildman–Crippen MR) is 91.3 cm³/mol. The normalized spacial score (nSPS) is 16.9. The van der Waals surface area contributed by atoms with Crippen LogP contribution in [0.15, 0.2) is 42.5 Å². The molecule has 0 saturated heterocycles. The molecule has 1 atom stereocenters. The number of nitrogens with one attached hydrogen (secondary N) is 1. The first-order valence-electron chi connectivity index (χ1n) is 8.18. The van der Waals surface area contributed by atoms with Gasteiger partial charge in [-0.25, -0.2) is 0 Å². The quantitative estimate of drug-likeness (QED) is 0.879. The third-order valence-electron chi connectivity index (χ3n) is 4.67. The number of rotatable bonds is 3. The third kappa shape index (κ3) is 2.78. The number of benzene rings is 2. The lowest BCUT2D eigenvalue weighted by molar-refractivity contribution is -0.117. The van der Waals surface area contributed by atoms with Crippen LogP contribution in [0, 0.1) is 6.92 Å². The van der Waals surface area contributed by atoms with E-state index >= 15 is 0 Å². The van der Waals surface area contributed by atoms with Crippen LogP contribution in [0.4, 0.5) is 5.69 Å². The molecule has 1 amide bonds. The van der Waals surface area contributed by atoms with Crippen LogP contribution in [0.1, 0.15) is 47.9 Å². The molecule has 2 nitrogen and oxygen atoms in total. The van der Waals surface area contributed by atoms with Crippen LogP contribution >= 0.6 is 0 Å². The van der Waals surface area contributed by atoms with Crippen molar-refractivity contribution in [2.75, 3.05) is 5.32 Å². The van der Waals surface area contributed by atoms with Crippen molar-refractivity contribution in [3.63, 3.8) is 0 Å².